The normalized spacial score (nSPS) is 26.3. The lowest BCUT2D eigenvalue weighted by molar-refractivity contribution is -0.228. The zero-order chi connectivity index (χ0) is 59.1. The number of hydrogen-bond donors (Lipinski definition) is 18. The minimum absolute atomic E-state index is 0.0699. The molecule has 84 heavy (non-hydrogen) atoms. The maximum atomic E-state index is 13.5. The van der Waals surface area contributed by atoms with Gasteiger partial charge in [0, 0.05) is 86.8 Å². The number of phenolic OH excluding ortho intramolecular Hbond substituents is 14. The van der Waals surface area contributed by atoms with Crippen molar-refractivity contribution in [2.45, 2.75) is 72.4 Å². The van der Waals surface area contributed by atoms with E-state index in [0.29, 0.717) is 0 Å². The molecule has 0 aromatic heterocycles. The molecule has 0 spiro atoms. The Balaban J connectivity index is 1.16. The molecule has 8 aromatic carbocycles. The lowest BCUT2D eigenvalue weighted by Gasteiger charge is -2.55. The molecule has 430 valence electrons. The minimum Gasteiger partial charge on any atom is -0.508 e. The van der Waals surface area contributed by atoms with Crippen LogP contribution >= 0.6 is 0 Å². The summed E-state index contributed by atoms with van der Waals surface area (Å²) in [6.45, 7) is 0. The second-order valence-electron chi connectivity index (χ2n) is 21.4. The summed E-state index contributed by atoms with van der Waals surface area (Å²) in [5.41, 5.74) is -2.63. The van der Waals surface area contributed by atoms with Crippen LogP contribution in [0.5, 0.6) is 115 Å². The summed E-state index contributed by atoms with van der Waals surface area (Å²) in [6, 6.07) is 18.2. The predicted molar refractivity (Wildman–Crippen MR) is 281 cm³/mol. The highest BCUT2D eigenvalue weighted by molar-refractivity contribution is 5.78. The number of aliphatic hydroxyl groups is 4. The molecule has 0 saturated carbocycles. The summed E-state index contributed by atoms with van der Waals surface area (Å²) in [6.07, 6.45) is -11.6. The molecular formula is C60H46O24. The van der Waals surface area contributed by atoms with Crippen LogP contribution in [0.3, 0.4) is 0 Å². The van der Waals surface area contributed by atoms with Gasteiger partial charge in [0.05, 0.1) is 23.9 Å². The molecule has 0 aliphatic carbocycles. The fourth-order valence-corrected chi connectivity index (χ4v) is 12.9. The van der Waals surface area contributed by atoms with Crippen molar-refractivity contribution in [3.63, 3.8) is 0 Å². The van der Waals surface area contributed by atoms with Gasteiger partial charge in [-0.2, -0.15) is 0 Å². The van der Waals surface area contributed by atoms with Crippen LogP contribution in [0.1, 0.15) is 91.2 Å². The van der Waals surface area contributed by atoms with Gasteiger partial charge in [0.2, 0.25) is 0 Å². The van der Waals surface area contributed by atoms with E-state index in [0.717, 1.165) is 78.9 Å². The lowest BCUT2D eigenvalue weighted by Crippen LogP contribution is -2.60. The zero-order valence-corrected chi connectivity index (χ0v) is 42.7. The van der Waals surface area contributed by atoms with E-state index < -0.39 is 181 Å². The Morgan fingerprint density at radius 1 is 0.333 bits per heavy atom. The predicted octanol–water partition coefficient (Wildman–Crippen LogP) is 5.49. The van der Waals surface area contributed by atoms with Crippen molar-refractivity contribution in [3.05, 3.63) is 164 Å². The van der Waals surface area contributed by atoms with E-state index in [2.05, 4.69) is 0 Å². The van der Waals surface area contributed by atoms with Crippen molar-refractivity contribution in [2.24, 2.45) is 0 Å². The van der Waals surface area contributed by atoms with Crippen LogP contribution in [0.15, 0.2) is 103 Å². The van der Waals surface area contributed by atoms with E-state index in [4.69, 9.17) is 28.4 Å². The Kier molecular flexibility index (Phi) is 10.8. The summed E-state index contributed by atoms with van der Waals surface area (Å²) in [4.78, 5) is 0. The Morgan fingerprint density at radius 3 is 1.23 bits per heavy atom. The Morgan fingerprint density at radius 2 is 0.750 bits per heavy atom. The average molecular weight is 1150 g/mol. The number of benzene rings is 8. The first-order valence-corrected chi connectivity index (χ1v) is 25.8. The van der Waals surface area contributed by atoms with Crippen LogP contribution in [0.2, 0.25) is 0 Å². The largest absolute Gasteiger partial charge is 0.508 e. The third-order valence-corrected chi connectivity index (χ3v) is 16.7. The standard InChI is InChI=1S/C60H46O24/c61-23-13-35(72)41-39(15-23)81-59(21-3-7-28(65)33(70)11-21)57(77)45(41)48-54-47(55-49(56(48)84-59)46-42-36(73)14-24(62)16-40(42)82-60(83-55,58(46)78)22-4-8-29(66)34(71)12-22)44(50(76)52(80-54)20-2-6-27(64)32(69)10-20)43-37(74)18-30(67)25-17-38(75)51(79-53(25)43)19-1-5-26(63)31(68)9-19/h1-16,18,38,44-46,50-52,57-58,61-78H,17H2/t38-,44+,45?,46-,50-,51-,52-,57-,58-,59-,60-/m1/s1. The quantitative estimate of drug-likeness (QED) is 0.0947. The number of hydrogen-bond acceptors (Lipinski definition) is 24. The number of rotatable bonds is 5. The van der Waals surface area contributed by atoms with Crippen LogP contribution in [-0.4, -0.2) is 116 Å². The third kappa shape index (κ3) is 7.01. The summed E-state index contributed by atoms with van der Waals surface area (Å²) in [5.74, 6) is -22.7. The van der Waals surface area contributed by atoms with Crippen LogP contribution in [0.25, 0.3) is 0 Å². The highest BCUT2D eigenvalue weighted by Gasteiger charge is 2.66. The molecular weight excluding hydrogens is 1100 g/mol. The van der Waals surface area contributed by atoms with E-state index in [1.807, 2.05) is 0 Å². The first-order chi connectivity index (χ1) is 40.0. The molecule has 11 atom stereocenters. The molecule has 0 fully saturated rings. The van der Waals surface area contributed by atoms with Gasteiger partial charge in [-0.25, -0.2) is 0 Å². The first-order valence-electron chi connectivity index (χ1n) is 25.8. The second kappa shape index (κ2) is 17.6. The maximum absolute atomic E-state index is 13.5. The van der Waals surface area contributed by atoms with Crippen LogP contribution < -0.4 is 28.4 Å². The number of fused-ring (bicyclic) bond motifs is 17. The summed E-state index contributed by atoms with van der Waals surface area (Å²) >= 11 is 0. The number of aromatic hydroxyl groups is 14. The maximum Gasteiger partial charge on any atom is 0.305 e. The smallest absolute Gasteiger partial charge is 0.305 e. The number of phenols is 14. The van der Waals surface area contributed by atoms with E-state index >= 15 is 0 Å². The molecule has 0 radical (unpaired) electrons. The van der Waals surface area contributed by atoms with Gasteiger partial charge in [-0.3, -0.25) is 0 Å². The fourth-order valence-electron chi connectivity index (χ4n) is 12.9. The van der Waals surface area contributed by atoms with Gasteiger partial charge in [-0.05, 0) is 71.8 Å². The van der Waals surface area contributed by atoms with Gasteiger partial charge >= 0.3 is 11.6 Å². The van der Waals surface area contributed by atoms with Gasteiger partial charge in [-0.15, -0.1) is 0 Å². The molecule has 6 heterocycles. The molecule has 8 aromatic rings. The van der Waals surface area contributed by atoms with Crippen molar-refractivity contribution >= 4 is 0 Å². The lowest BCUT2D eigenvalue weighted by atomic mass is 9.67. The van der Waals surface area contributed by atoms with Crippen molar-refractivity contribution in [1.82, 2.24) is 0 Å². The molecule has 14 rings (SSSR count). The van der Waals surface area contributed by atoms with Gasteiger partial charge < -0.3 is 120 Å². The topological polar surface area (TPSA) is 420 Å². The van der Waals surface area contributed by atoms with Gasteiger partial charge in [-0.1, -0.05) is 12.1 Å². The molecule has 0 amide bonds. The molecule has 18 N–H and O–H groups in total. The highest BCUT2D eigenvalue weighted by atomic mass is 16.7. The SMILES string of the molecule is Oc1cc(O)c2c(c1)O[C@]1(c3ccc(O)c(O)c3)Oc3c(c4c(c5c3[C@H]3c6c(O)cc(O)cc6O[C@](c6ccc(O)c(O)c6)(O5)[C@@H]3O)[C@H](c3c(O)cc(O)c5c3O[C@H](c3ccc(O)c(O)c3)[C@H](O)C5)[C@@H](O)[C@@H](c3ccc(O)c(O)c3)O4)C2[C@H]1O. The fraction of sp³-hybridized carbons (Fsp3) is 0.200. The van der Waals surface area contributed by atoms with Crippen molar-refractivity contribution < 1.29 is 120 Å². The van der Waals surface area contributed by atoms with Crippen molar-refractivity contribution in [2.75, 3.05) is 0 Å². The molecule has 24 heteroatoms. The molecule has 6 aliphatic heterocycles. The average Bonchev–Trinajstić information content (AvgIpc) is 0.682. The Bertz CT molecular complexity index is 4180. The van der Waals surface area contributed by atoms with Gasteiger partial charge in [0.15, 0.2) is 52.1 Å². The van der Waals surface area contributed by atoms with Crippen LogP contribution in [0.4, 0.5) is 0 Å². The van der Waals surface area contributed by atoms with Gasteiger partial charge in [0.25, 0.3) is 0 Å². The monoisotopic (exact) mass is 1150 g/mol. The van der Waals surface area contributed by atoms with E-state index in [1.54, 1.807) is 0 Å². The zero-order valence-electron chi connectivity index (χ0n) is 42.7. The molecule has 24 nitrogen and oxygen atoms in total. The summed E-state index contributed by atoms with van der Waals surface area (Å²) < 4.78 is 41.0. The molecule has 6 aliphatic rings. The van der Waals surface area contributed by atoms with Crippen molar-refractivity contribution in [3.8, 4) is 115 Å². The van der Waals surface area contributed by atoms with Crippen LogP contribution in [-0.2, 0) is 18.0 Å². The van der Waals surface area contributed by atoms with Gasteiger partial charge in [0.1, 0.15) is 93.4 Å². The number of aliphatic hydroxyl groups excluding tert-OH is 4. The summed E-state index contributed by atoms with van der Waals surface area (Å²) in [7, 11) is 0. The van der Waals surface area contributed by atoms with Crippen LogP contribution in [0, 0.1) is 0 Å². The highest BCUT2D eigenvalue weighted by Crippen LogP contribution is 2.71. The molecule has 1 unspecified atom stereocenters. The second-order valence-corrected chi connectivity index (χ2v) is 21.4. The summed E-state index contributed by atoms with van der Waals surface area (Å²) in [5, 5.41) is 208. The number of ether oxygens (including phenoxy) is 6. The molecule has 0 saturated heterocycles. The van der Waals surface area contributed by atoms with E-state index in [9.17, 15) is 91.9 Å². The Labute approximate surface area is 470 Å². The molecule has 4 bridgehead atoms. The Hall–Kier alpha value is -10.4. The van der Waals surface area contributed by atoms with Crippen molar-refractivity contribution in [1.29, 1.82) is 0 Å². The first kappa shape index (κ1) is 51.7. The van der Waals surface area contributed by atoms with E-state index in [1.165, 1.54) is 24.3 Å². The minimum atomic E-state index is -2.69. The van der Waals surface area contributed by atoms with E-state index in [-0.39, 0.29) is 67.1 Å². The third-order valence-electron chi connectivity index (χ3n) is 16.7.